The molecule has 4 heteroatoms. The molecule has 0 aromatic heterocycles. The molecule has 1 saturated carbocycles. The normalized spacial score (nSPS) is 19.0. The molecule has 0 amide bonds. The lowest BCUT2D eigenvalue weighted by Gasteiger charge is -2.32. The average Bonchev–Trinajstić information content (AvgIpc) is 2.27. The Bertz CT molecular complexity index is 277. The zero-order valence-electron chi connectivity index (χ0n) is 10.7. The molecule has 0 heterocycles. The lowest BCUT2D eigenvalue weighted by molar-refractivity contribution is -0.160. The van der Waals surface area contributed by atoms with Crippen molar-refractivity contribution in [2.45, 2.75) is 52.4 Å². The van der Waals surface area contributed by atoms with Crippen molar-refractivity contribution >= 4 is 11.9 Å². The molecule has 1 aliphatic carbocycles. The van der Waals surface area contributed by atoms with Gasteiger partial charge in [0.15, 0.2) is 0 Å². The molecule has 0 atom stereocenters. The maximum Gasteiger partial charge on any atom is 0.310 e. The Morgan fingerprint density at radius 3 is 2.29 bits per heavy atom. The second-order valence-electron chi connectivity index (χ2n) is 5.40. The molecule has 17 heavy (non-hydrogen) atoms. The molecule has 0 aliphatic heterocycles. The highest BCUT2D eigenvalue weighted by Crippen LogP contribution is 2.39. The van der Waals surface area contributed by atoms with E-state index >= 15 is 0 Å². The summed E-state index contributed by atoms with van der Waals surface area (Å²) in [6.07, 6.45) is 4.07. The summed E-state index contributed by atoms with van der Waals surface area (Å²) in [5.41, 5.74) is -0.869. The molecule has 0 spiro atoms. The molecule has 1 N–H and O–H groups in total. The van der Waals surface area contributed by atoms with Crippen LogP contribution < -0.4 is 0 Å². The topological polar surface area (TPSA) is 63.6 Å². The summed E-state index contributed by atoms with van der Waals surface area (Å²) in [4.78, 5) is 23.0. The summed E-state index contributed by atoms with van der Waals surface area (Å²) < 4.78 is 5.08. The maximum atomic E-state index is 11.6. The lowest BCUT2D eigenvalue weighted by Crippen LogP contribution is -2.36. The zero-order chi connectivity index (χ0) is 12.9. The van der Waals surface area contributed by atoms with Crippen LogP contribution in [0, 0.1) is 11.3 Å². The van der Waals surface area contributed by atoms with E-state index in [1.807, 2.05) is 13.8 Å². The highest BCUT2D eigenvalue weighted by molar-refractivity contribution is 5.82. The number of hydrogen-bond donors (Lipinski definition) is 1. The zero-order valence-corrected chi connectivity index (χ0v) is 10.7. The standard InChI is InChI=1S/C13H22O4/c1-10(2)9-17-11(14)8-13(12(15)16)6-4-3-5-7-13/h10H,3-9H2,1-2H3,(H,15,16). The van der Waals surface area contributed by atoms with E-state index < -0.39 is 11.4 Å². The van der Waals surface area contributed by atoms with Crippen LogP contribution in [0.3, 0.4) is 0 Å². The molecule has 0 aromatic carbocycles. The van der Waals surface area contributed by atoms with Gasteiger partial charge in [0.2, 0.25) is 0 Å². The fourth-order valence-electron chi connectivity index (χ4n) is 2.28. The van der Waals surface area contributed by atoms with Gasteiger partial charge < -0.3 is 9.84 Å². The van der Waals surface area contributed by atoms with Crippen LogP contribution in [0.25, 0.3) is 0 Å². The van der Waals surface area contributed by atoms with Crippen LogP contribution >= 0.6 is 0 Å². The Hall–Kier alpha value is -1.06. The van der Waals surface area contributed by atoms with Gasteiger partial charge in [-0.1, -0.05) is 33.1 Å². The van der Waals surface area contributed by atoms with Gasteiger partial charge in [0.25, 0.3) is 0 Å². The summed E-state index contributed by atoms with van der Waals surface area (Å²) >= 11 is 0. The highest BCUT2D eigenvalue weighted by atomic mass is 16.5. The summed E-state index contributed by atoms with van der Waals surface area (Å²) in [5.74, 6) is -0.937. The number of carboxylic acids is 1. The maximum absolute atomic E-state index is 11.6. The lowest BCUT2D eigenvalue weighted by atomic mass is 9.72. The quantitative estimate of drug-likeness (QED) is 0.753. The SMILES string of the molecule is CC(C)COC(=O)CC1(C(=O)O)CCCCC1. The molecular weight excluding hydrogens is 220 g/mol. The van der Waals surface area contributed by atoms with Gasteiger partial charge in [-0.25, -0.2) is 0 Å². The van der Waals surface area contributed by atoms with Crippen LogP contribution in [0.15, 0.2) is 0 Å². The van der Waals surface area contributed by atoms with Crippen LogP contribution in [0.4, 0.5) is 0 Å². The van der Waals surface area contributed by atoms with Crippen molar-refractivity contribution in [3.8, 4) is 0 Å². The summed E-state index contributed by atoms with van der Waals surface area (Å²) in [6, 6.07) is 0. The fraction of sp³-hybridized carbons (Fsp3) is 0.846. The third kappa shape index (κ3) is 4.02. The van der Waals surface area contributed by atoms with Crippen LogP contribution in [0.1, 0.15) is 52.4 Å². The number of aliphatic carboxylic acids is 1. The molecule has 0 bridgehead atoms. The Morgan fingerprint density at radius 2 is 1.82 bits per heavy atom. The first kappa shape index (κ1) is 14.0. The molecule has 1 aliphatic rings. The van der Waals surface area contributed by atoms with Gasteiger partial charge in [0.1, 0.15) is 0 Å². The summed E-state index contributed by atoms with van der Waals surface area (Å²) in [5, 5.41) is 9.31. The van der Waals surface area contributed by atoms with Crippen molar-refractivity contribution < 1.29 is 19.4 Å². The van der Waals surface area contributed by atoms with Crippen LogP contribution in [0.5, 0.6) is 0 Å². The third-order valence-electron chi connectivity index (χ3n) is 3.32. The summed E-state index contributed by atoms with van der Waals surface area (Å²) in [7, 11) is 0. The van der Waals surface area contributed by atoms with Crippen LogP contribution in [-0.4, -0.2) is 23.7 Å². The average molecular weight is 242 g/mol. The van der Waals surface area contributed by atoms with Gasteiger partial charge in [-0.15, -0.1) is 0 Å². The van der Waals surface area contributed by atoms with E-state index in [-0.39, 0.29) is 18.3 Å². The number of rotatable bonds is 5. The van der Waals surface area contributed by atoms with E-state index in [1.165, 1.54) is 0 Å². The molecular formula is C13H22O4. The smallest absolute Gasteiger partial charge is 0.310 e. The predicted molar refractivity (Wildman–Crippen MR) is 63.6 cm³/mol. The first-order chi connectivity index (χ1) is 7.96. The van der Waals surface area contributed by atoms with Crippen molar-refractivity contribution in [2.24, 2.45) is 11.3 Å². The third-order valence-corrected chi connectivity index (χ3v) is 3.32. The largest absolute Gasteiger partial charge is 0.481 e. The van der Waals surface area contributed by atoms with Crippen LogP contribution in [0.2, 0.25) is 0 Å². The molecule has 98 valence electrons. The molecule has 0 aromatic rings. The number of hydrogen-bond acceptors (Lipinski definition) is 3. The minimum atomic E-state index is -0.869. The molecule has 0 saturated heterocycles. The van der Waals surface area contributed by atoms with E-state index in [1.54, 1.807) is 0 Å². The van der Waals surface area contributed by atoms with Gasteiger partial charge in [0.05, 0.1) is 18.4 Å². The van der Waals surface area contributed by atoms with E-state index in [2.05, 4.69) is 0 Å². The van der Waals surface area contributed by atoms with Crippen molar-refractivity contribution in [1.29, 1.82) is 0 Å². The summed E-state index contributed by atoms with van der Waals surface area (Å²) in [6.45, 7) is 4.29. The number of esters is 1. The second kappa shape index (κ2) is 6.03. The number of carboxylic acid groups (broad SMARTS) is 1. The molecule has 0 unspecified atom stereocenters. The molecule has 1 fully saturated rings. The molecule has 4 nitrogen and oxygen atoms in total. The van der Waals surface area contributed by atoms with Gasteiger partial charge in [-0.3, -0.25) is 9.59 Å². The monoisotopic (exact) mass is 242 g/mol. The predicted octanol–water partition coefficient (Wildman–Crippen LogP) is 2.61. The highest BCUT2D eigenvalue weighted by Gasteiger charge is 2.41. The number of carbonyl (C=O) groups is 2. The first-order valence-electron chi connectivity index (χ1n) is 6.35. The Kier molecular flexibility index (Phi) is 4.97. The van der Waals surface area contributed by atoms with E-state index in [9.17, 15) is 14.7 Å². The Balaban J connectivity index is 2.54. The van der Waals surface area contributed by atoms with Crippen molar-refractivity contribution in [3.05, 3.63) is 0 Å². The van der Waals surface area contributed by atoms with Gasteiger partial charge >= 0.3 is 11.9 Å². The van der Waals surface area contributed by atoms with Crippen molar-refractivity contribution in [3.63, 3.8) is 0 Å². The Morgan fingerprint density at radius 1 is 1.24 bits per heavy atom. The fourth-order valence-corrected chi connectivity index (χ4v) is 2.28. The van der Waals surface area contributed by atoms with Gasteiger partial charge in [-0.2, -0.15) is 0 Å². The minimum absolute atomic E-state index is 0.0229. The molecule has 1 rings (SSSR count). The van der Waals surface area contributed by atoms with E-state index in [0.29, 0.717) is 19.4 Å². The number of carbonyl (C=O) groups excluding carboxylic acids is 1. The second-order valence-corrected chi connectivity index (χ2v) is 5.40. The van der Waals surface area contributed by atoms with Crippen LogP contribution in [-0.2, 0) is 14.3 Å². The van der Waals surface area contributed by atoms with Crippen molar-refractivity contribution in [1.82, 2.24) is 0 Å². The van der Waals surface area contributed by atoms with E-state index in [4.69, 9.17) is 4.74 Å². The van der Waals surface area contributed by atoms with E-state index in [0.717, 1.165) is 19.3 Å². The van der Waals surface area contributed by atoms with Crippen molar-refractivity contribution in [2.75, 3.05) is 6.61 Å². The molecule has 0 radical (unpaired) electrons. The first-order valence-corrected chi connectivity index (χ1v) is 6.35. The van der Waals surface area contributed by atoms with Gasteiger partial charge in [-0.05, 0) is 18.8 Å². The number of ether oxygens (including phenoxy) is 1. The minimum Gasteiger partial charge on any atom is -0.481 e. The Labute approximate surface area is 102 Å². The van der Waals surface area contributed by atoms with Gasteiger partial charge in [0, 0.05) is 0 Å².